The van der Waals surface area contributed by atoms with Gasteiger partial charge in [-0.25, -0.2) is 4.98 Å². The second-order valence-corrected chi connectivity index (χ2v) is 6.01. The summed E-state index contributed by atoms with van der Waals surface area (Å²) in [6, 6.07) is 4.51. The first-order chi connectivity index (χ1) is 8.34. The monoisotopic (exact) mass is 266 g/mol. The van der Waals surface area contributed by atoms with Crippen molar-refractivity contribution in [3.05, 3.63) is 28.1 Å². The molecule has 2 aromatic heterocycles. The Kier molecular flexibility index (Phi) is 3.24. The van der Waals surface area contributed by atoms with Crippen LogP contribution in [0.5, 0.6) is 0 Å². The van der Waals surface area contributed by atoms with Crippen LogP contribution in [0.4, 0.5) is 0 Å². The first-order valence-corrected chi connectivity index (χ1v) is 7.36. The molecule has 1 atom stereocenters. The van der Waals surface area contributed by atoms with Crippen molar-refractivity contribution in [2.75, 3.05) is 19.8 Å². The highest BCUT2D eigenvalue weighted by Crippen LogP contribution is 2.34. The van der Waals surface area contributed by atoms with Gasteiger partial charge in [-0.3, -0.25) is 0 Å². The predicted molar refractivity (Wildman–Crippen MR) is 71.7 cm³/mol. The van der Waals surface area contributed by atoms with Crippen LogP contribution in [-0.4, -0.2) is 24.7 Å². The zero-order valence-electron chi connectivity index (χ0n) is 9.60. The summed E-state index contributed by atoms with van der Waals surface area (Å²) in [5, 5.41) is 6.70. The summed E-state index contributed by atoms with van der Waals surface area (Å²) in [5.41, 5.74) is 1.13. The van der Waals surface area contributed by atoms with E-state index in [1.54, 1.807) is 22.7 Å². The number of morpholine rings is 1. The topological polar surface area (TPSA) is 34.1 Å². The van der Waals surface area contributed by atoms with Gasteiger partial charge in [0.25, 0.3) is 0 Å². The standard InChI is InChI=1S/C12H14N2OS2/c1-8-11(9-7-15-5-4-13-9)17-12(14-8)10-3-2-6-16-10/h2-3,6,9,13H,4-5,7H2,1H3. The minimum atomic E-state index is 0.315. The molecule has 17 heavy (non-hydrogen) atoms. The van der Waals surface area contributed by atoms with Crippen LogP contribution in [0.2, 0.25) is 0 Å². The first kappa shape index (κ1) is 11.3. The van der Waals surface area contributed by atoms with Crippen LogP contribution in [0, 0.1) is 6.92 Å². The number of ether oxygens (including phenoxy) is 1. The van der Waals surface area contributed by atoms with Crippen LogP contribution < -0.4 is 5.32 Å². The number of thiophene rings is 1. The highest BCUT2D eigenvalue weighted by atomic mass is 32.1. The zero-order valence-corrected chi connectivity index (χ0v) is 11.2. The molecule has 90 valence electrons. The lowest BCUT2D eigenvalue weighted by molar-refractivity contribution is 0.0777. The van der Waals surface area contributed by atoms with Gasteiger partial charge in [-0.15, -0.1) is 22.7 Å². The van der Waals surface area contributed by atoms with Gasteiger partial charge >= 0.3 is 0 Å². The lowest BCUT2D eigenvalue weighted by Crippen LogP contribution is -2.34. The SMILES string of the molecule is Cc1nc(-c2cccs2)sc1C1COCCN1. The van der Waals surface area contributed by atoms with Gasteiger partial charge in [0.05, 0.1) is 29.8 Å². The number of rotatable bonds is 2. The summed E-state index contributed by atoms with van der Waals surface area (Å²) in [6.07, 6.45) is 0. The quantitative estimate of drug-likeness (QED) is 0.907. The first-order valence-electron chi connectivity index (χ1n) is 5.67. The third kappa shape index (κ3) is 2.28. The number of hydrogen-bond donors (Lipinski definition) is 1. The van der Waals surface area contributed by atoms with Gasteiger partial charge in [0.15, 0.2) is 0 Å². The summed E-state index contributed by atoms with van der Waals surface area (Å²) in [5.74, 6) is 0. The second kappa shape index (κ2) is 4.86. The molecular formula is C12H14N2OS2. The number of hydrogen-bond acceptors (Lipinski definition) is 5. The Morgan fingerprint density at radius 1 is 1.53 bits per heavy atom. The normalized spacial score (nSPS) is 20.6. The van der Waals surface area contributed by atoms with Gasteiger partial charge in [-0.1, -0.05) is 6.07 Å². The Balaban J connectivity index is 1.90. The maximum absolute atomic E-state index is 5.51. The third-order valence-corrected chi connectivity index (χ3v) is 5.11. The molecule has 5 heteroatoms. The van der Waals surface area contributed by atoms with Gasteiger partial charge < -0.3 is 10.1 Å². The van der Waals surface area contributed by atoms with E-state index in [0.29, 0.717) is 6.04 Å². The second-order valence-electron chi connectivity index (χ2n) is 4.03. The van der Waals surface area contributed by atoms with E-state index in [2.05, 4.69) is 34.7 Å². The highest BCUT2D eigenvalue weighted by molar-refractivity contribution is 7.21. The van der Waals surface area contributed by atoms with Crippen molar-refractivity contribution < 1.29 is 4.74 Å². The summed E-state index contributed by atoms with van der Waals surface area (Å²) in [7, 11) is 0. The number of thiazole rings is 1. The van der Waals surface area contributed by atoms with Crippen LogP contribution in [-0.2, 0) is 4.74 Å². The van der Waals surface area contributed by atoms with Crippen LogP contribution in [0.3, 0.4) is 0 Å². The molecule has 3 nitrogen and oxygen atoms in total. The number of nitrogens with one attached hydrogen (secondary N) is 1. The lowest BCUT2D eigenvalue weighted by atomic mass is 10.2. The molecule has 1 aliphatic rings. The molecule has 0 bridgehead atoms. The Hall–Kier alpha value is -0.750. The van der Waals surface area contributed by atoms with E-state index in [4.69, 9.17) is 4.74 Å². The molecule has 3 rings (SSSR count). The summed E-state index contributed by atoms with van der Waals surface area (Å²) in [6.45, 7) is 4.58. The highest BCUT2D eigenvalue weighted by Gasteiger charge is 2.21. The fourth-order valence-corrected chi connectivity index (χ4v) is 3.89. The maximum atomic E-state index is 5.51. The van der Waals surface area contributed by atoms with Crippen molar-refractivity contribution in [1.29, 1.82) is 0 Å². The van der Waals surface area contributed by atoms with Crippen molar-refractivity contribution in [3.63, 3.8) is 0 Å². The van der Waals surface area contributed by atoms with Crippen molar-refractivity contribution in [2.24, 2.45) is 0 Å². The van der Waals surface area contributed by atoms with Crippen LogP contribution in [0.15, 0.2) is 17.5 Å². The minimum absolute atomic E-state index is 0.315. The summed E-state index contributed by atoms with van der Waals surface area (Å²) in [4.78, 5) is 7.23. The molecule has 1 unspecified atom stereocenters. The van der Waals surface area contributed by atoms with Gasteiger partial charge in [0.1, 0.15) is 5.01 Å². The molecular weight excluding hydrogens is 252 g/mol. The molecule has 0 amide bonds. The molecule has 1 fully saturated rings. The van der Waals surface area contributed by atoms with Crippen LogP contribution in [0.1, 0.15) is 16.6 Å². The maximum Gasteiger partial charge on any atom is 0.133 e. The number of nitrogens with zero attached hydrogens (tertiary/aromatic N) is 1. The van der Waals surface area contributed by atoms with Crippen molar-refractivity contribution in [3.8, 4) is 9.88 Å². The fourth-order valence-electron chi connectivity index (χ4n) is 1.97. The molecule has 0 aliphatic carbocycles. The Bertz CT molecular complexity index is 487. The molecule has 0 saturated carbocycles. The molecule has 0 spiro atoms. The molecule has 1 aliphatic heterocycles. The zero-order chi connectivity index (χ0) is 11.7. The third-order valence-electron chi connectivity index (χ3n) is 2.80. The smallest absolute Gasteiger partial charge is 0.133 e. The van der Waals surface area contributed by atoms with Gasteiger partial charge in [0, 0.05) is 11.4 Å². The average molecular weight is 266 g/mol. The molecule has 0 radical (unpaired) electrons. The number of aromatic nitrogens is 1. The molecule has 1 N–H and O–H groups in total. The molecule has 2 aromatic rings. The van der Waals surface area contributed by atoms with Crippen molar-refractivity contribution >= 4 is 22.7 Å². The largest absolute Gasteiger partial charge is 0.378 e. The lowest BCUT2D eigenvalue weighted by Gasteiger charge is -2.22. The molecule has 1 saturated heterocycles. The average Bonchev–Trinajstić information content (AvgIpc) is 2.99. The van der Waals surface area contributed by atoms with Gasteiger partial charge in [0.2, 0.25) is 0 Å². The van der Waals surface area contributed by atoms with E-state index in [9.17, 15) is 0 Å². The Morgan fingerprint density at radius 2 is 2.47 bits per heavy atom. The molecule has 3 heterocycles. The number of aryl methyl sites for hydroxylation is 1. The van der Waals surface area contributed by atoms with Crippen molar-refractivity contribution in [2.45, 2.75) is 13.0 Å². The van der Waals surface area contributed by atoms with E-state index >= 15 is 0 Å². The Labute approximate surface area is 108 Å². The van der Waals surface area contributed by atoms with Crippen molar-refractivity contribution in [1.82, 2.24) is 10.3 Å². The van der Waals surface area contributed by atoms with E-state index in [1.165, 1.54) is 9.75 Å². The van der Waals surface area contributed by atoms with E-state index in [1.807, 2.05) is 0 Å². The fraction of sp³-hybridized carbons (Fsp3) is 0.417. The van der Waals surface area contributed by atoms with Crippen LogP contribution >= 0.6 is 22.7 Å². The predicted octanol–water partition coefficient (Wildman–Crippen LogP) is 2.84. The molecule has 0 aromatic carbocycles. The Morgan fingerprint density at radius 3 is 3.18 bits per heavy atom. The van der Waals surface area contributed by atoms with E-state index < -0.39 is 0 Å². The minimum Gasteiger partial charge on any atom is -0.378 e. The summed E-state index contributed by atoms with van der Waals surface area (Å²) < 4.78 is 5.51. The van der Waals surface area contributed by atoms with E-state index in [0.717, 1.165) is 30.5 Å². The van der Waals surface area contributed by atoms with Gasteiger partial charge in [-0.2, -0.15) is 0 Å². The summed E-state index contributed by atoms with van der Waals surface area (Å²) >= 11 is 3.52. The van der Waals surface area contributed by atoms with E-state index in [-0.39, 0.29) is 0 Å². The van der Waals surface area contributed by atoms with Crippen LogP contribution in [0.25, 0.3) is 9.88 Å². The van der Waals surface area contributed by atoms with Gasteiger partial charge in [-0.05, 0) is 18.4 Å².